The first-order valence-electron chi connectivity index (χ1n) is 8.17. The van der Waals surface area contributed by atoms with Gasteiger partial charge in [-0.25, -0.2) is 4.79 Å². The van der Waals surface area contributed by atoms with Gasteiger partial charge in [0.15, 0.2) is 0 Å². The molecular formula is C21H18ClNO3. The summed E-state index contributed by atoms with van der Waals surface area (Å²) in [5, 5.41) is 5.38. The van der Waals surface area contributed by atoms with Gasteiger partial charge in [-0.3, -0.25) is 4.79 Å². The number of amides is 1. The van der Waals surface area contributed by atoms with Gasteiger partial charge in [-0.05, 0) is 41.5 Å². The SMILES string of the molecule is COC(=O)c1ccc(C(=O)N[C@H](C)c2cccc3ccccc23)cc1Cl. The molecule has 132 valence electrons. The first-order valence-corrected chi connectivity index (χ1v) is 8.55. The first-order chi connectivity index (χ1) is 12.5. The number of halogens is 1. The molecule has 0 fully saturated rings. The van der Waals surface area contributed by atoms with Gasteiger partial charge in [-0.15, -0.1) is 0 Å². The summed E-state index contributed by atoms with van der Waals surface area (Å²) in [5.41, 5.74) is 1.65. The fourth-order valence-corrected chi connectivity index (χ4v) is 3.18. The lowest BCUT2D eigenvalue weighted by Gasteiger charge is -2.17. The van der Waals surface area contributed by atoms with Gasteiger partial charge in [-0.2, -0.15) is 0 Å². The number of rotatable bonds is 4. The highest BCUT2D eigenvalue weighted by molar-refractivity contribution is 6.34. The van der Waals surface area contributed by atoms with Crippen LogP contribution in [0.3, 0.4) is 0 Å². The van der Waals surface area contributed by atoms with Crippen molar-refractivity contribution in [2.24, 2.45) is 0 Å². The minimum atomic E-state index is -0.536. The Morgan fingerprint density at radius 3 is 2.50 bits per heavy atom. The fraction of sp³-hybridized carbons (Fsp3) is 0.143. The van der Waals surface area contributed by atoms with Crippen LogP contribution in [0, 0.1) is 0 Å². The van der Waals surface area contributed by atoms with Crippen molar-refractivity contribution in [1.82, 2.24) is 5.32 Å². The number of hydrogen-bond donors (Lipinski definition) is 1. The van der Waals surface area contributed by atoms with E-state index in [2.05, 4.69) is 10.1 Å². The molecule has 3 aromatic rings. The van der Waals surface area contributed by atoms with Crippen molar-refractivity contribution in [1.29, 1.82) is 0 Å². The van der Waals surface area contributed by atoms with Gasteiger partial charge in [0.05, 0.1) is 23.7 Å². The monoisotopic (exact) mass is 367 g/mol. The molecule has 3 aromatic carbocycles. The minimum absolute atomic E-state index is 0.183. The van der Waals surface area contributed by atoms with Crippen molar-refractivity contribution in [2.45, 2.75) is 13.0 Å². The van der Waals surface area contributed by atoms with Gasteiger partial charge >= 0.3 is 5.97 Å². The maximum Gasteiger partial charge on any atom is 0.339 e. The normalized spacial score (nSPS) is 11.8. The Morgan fingerprint density at radius 2 is 1.77 bits per heavy atom. The average molecular weight is 368 g/mol. The fourth-order valence-electron chi connectivity index (χ4n) is 2.92. The zero-order valence-corrected chi connectivity index (χ0v) is 15.2. The second-order valence-corrected chi connectivity index (χ2v) is 6.36. The van der Waals surface area contributed by atoms with Crippen LogP contribution in [0.4, 0.5) is 0 Å². The average Bonchev–Trinajstić information content (AvgIpc) is 2.66. The van der Waals surface area contributed by atoms with Crippen LogP contribution >= 0.6 is 11.6 Å². The Bertz CT molecular complexity index is 979. The molecule has 0 bridgehead atoms. The van der Waals surface area contributed by atoms with E-state index in [-0.39, 0.29) is 22.5 Å². The third-order valence-electron chi connectivity index (χ3n) is 4.27. The van der Waals surface area contributed by atoms with Crippen LogP contribution in [-0.4, -0.2) is 19.0 Å². The van der Waals surface area contributed by atoms with E-state index in [0.717, 1.165) is 16.3 Å². The molecule has 0 unspecified atom stereocenters. The number of esters is 1. The maximum atomic E-state index is 12.6. The molecule has 0 aliphatic heterocycles. The smallest absolute Gasteiger partial charge is 0.339 e. The Kier molecular flexibility index (Phi) is 5.24. The van der Waals surface area contributed by atoms with E-state index < -0.39 is 5.97 Å². The molecule has 4 nitrogen and oxygen atoms in total. The summed E-state index contributed by atoms with van der Waals surface area (Å²) in [6.07, 6.45) is 0. The number of ether oxygens (including phenoxy) is 1. The molecule has 0 aliphatic rings. The molecule has 1 amide bonds. The summed E-state index contributed by atoms with van der Waals surface area (Å²) < 4.78 is 4.66. The van der Waals surface area contributed by atoms with Crippen molar-refractivity contribution in [2.75, 3.05) is 7.11 Å². The second kappa shape index (κ2) is 7.58. The van der Waals surface area contributed by atoms with Gasteiger partial charge in [0.1, 0.15) is 0 Å². The van der Waals surface area contributed by atoms with E-state index in [9.17, 15) is 9.59 Å². The lowest BCUT2D eigenvalue weighted by atomic mass is 9.99. The topological polar surface area (TPSA) is 55.4 Å². The molecular weight excluding hydrogens is 350 g/mol. The van der Waals surface area contributed by atoms with Gasteiger partial charge in [0, 0.05) is 5.56 Å². The molecule has 5 heteroatoms. The summed E-state index contributed by atoms with van der Waals surface area (Å²) in [6, 6.07) is 18.4. The molecule has 0 saturated heterocycles. The Balaban J connectivity index is 1.83. The van der Waals surface area contributed by atoms with Crippen molar-refractivity contribution >= 4 is 34.2 Å². The largest absolute Gasteiger partial charge is 0.465 e. The first kappa shape index (κ1) is 18.0. The predicted molar refractivity (Wildman–Crippen MR) is 103 cm³/mol. The molecule has 0 aliphatic carbocycles. The molecule has 0 spiro atoms. The number of hydrogen-bond acceptors (Lipinski definition) is 3. The van der Waals surface area contributed by atoms with E-state index in [4.69, 9.17) is 11.6 Å². The molecule has 0 heterocycles. The summed E-state index contributed by atoms with van der Waals surface area (Å²) in [4.78, 5) is 24.2. The lowest BCUT2D eigenvalue weighted by Crippen LogP contribution is -2.26. The highest BCUT2D eigenvalue weighted by Crippen LogP contribution is 2.25. The van der Waals surface area contributed by atoms with Crippen LogP contribution in [0.25, 0.3) is 10.8 Å². The Hall–Kier alpha value is -2.85. The lowest BCUT2D eigenvalue weighted by molar-refractivity contribution is 0.0600. The van der Waals surface area contributed by atoms with E-state index in [1.165, 1.54) is 19.2 Å². The highest BCUT2D eigenvalue weighted by atomic mass is 35.5. The standard InChI is InChI=1S/C21H18ClNO3/c1-13(16-9-5-7-14-6-3-4-8-17(14)16)23-20(24)15-10-11-18(19(22)12-15)21(25)26-2/h3-13H,1-2H3,(H,23,24)/t13-/m1/s1. The number of carbonyl (C=O) groups is 2. The van der Waals surface area contributed by atoms with E-state index in [1.54, 1.807) is 6.07 Å². The predicted octanol–water partition coefficient (Wildman–Crippen LogP) is 4.77. The van der Waals surface area contributed by atoms with Gasteiger partial charge in [-0.1, -0.05) is 54.1 Å². The van der Waals surface area contributed by atoms with Gasteiger partial charge in [0.25, 0.3) is 5.91 Å². The minimum Gasteiger partial charge on any atom is -0.465 e. The number of methoxy groups -OCH3 is 1. The quantitative estimate of drug-likeness (QED) is 0.676. The Labute approximate surface area is 156 Å². The van der Waals surface area contributed by atoms with Crippen LogP contribution in [0.15, 0.2) is 60.7 Å². The van der Waals surface area contributed by atoms with Crippen LogP contribution in [0.2, 0.25) is 5.02 Å². The number of nitrogens with one attached hydrogen (secondary N) is 1. The second-order valence-electron chi connectivity index (χ2n) is 5.95. The third-order valence-corrected chi connectivity index (χ3v) is 4.59. The van der Waals surface area contributed by atoms with Crippen LogP contribution in [-0.2, 0) is 4.74 Å². The maximum absolute atomic E-state index is 12.6. The molecule has 0 aromatic heterocycles. The van der Waals surface area contributed by atoms with Crippen molar-refractivity contribution in [3.8, 4) is 0 Å². The van der Waals surface area contributed by atoms with E-state index in [0.29, 0.717) is 5.56 Å². The molecule has 3 rings (SSSR count). The van der Waals surface area contributed by atoms with Gasteiger partial charge < -0.3 is 10.1 Å². The molecule has 1 N–H and O–H groups in total. The van der Waals surface area contributed by atoms with Crippen LogP contribution in [0.5, 0.6) is 0 Å². The third kappa shape index (κ3) is 3.55. The molecule has 0 radical (unpaired) electrons. The zero-order chi connectivity index (χ0) is 18.7. The molecule has 26 heavy (non-hydrogen) atoms. The summed E-state index contributed by atoms with van der Waals surface area (Å²) >= 11 is 6.10. The number of carbonyl (C=O) groups excluding carboxylic acids is 2. The summed E-state index contributed by atoms with van der Waals surface area (Å²) in [6.45, 7) is 1.93. The van der Waals surface area contributed by atoms with Crippen LogP contribution in [0.1, 0.15) is 39.2 Å². The van der Waals surface area contributed by atoms with Crippen LogP contribution < -0.4 is 5.32 Å². The number of fused-ring (bicyclic) bond motifs is 1. The zero-order valence-electron chi connectivity index (χ0n) is 14.5. The van der Waals surface area contributed by atoms with Crippen molar-refractivity contribution in [3.05, 3.63) is 82.4 Å². The summed E-state index contributed by atoms with van der Waals surface area (Å²) in [5.74, 6) is -0.796. The van der Waals surface area contributed by atoms with Crippen molar-refractivity contribution in [3.63, 3.8) is 0 Å². The molecule has 0 saturated carbocycles. The van der Waals surface area contributed by atoms with Crippen molar-refractivity contribution < 1.29 is 14.3 Å². The van der Waals surface area contributed by atoms with Gasteiger partial charge in [0.2, 0.25) is 0 Å². The molecule has 1 atom stereocenters. The van der Waals surface area contributed by atoms with E-state index >= 15 is 0 Å². The summed E-state index contributed by atoms with van der Waals surface area (Å²) in [7, 11) is 1.28. The van der Waals surface area contributed by atoms with E-state index in [1.807, 2.05) is 49.4 Å². The number of benzene rings is 3. The Morgan fingerprint density at radius 1 is 1.04 bits per heavy atom. The highest BCUT2D eigenvalue weighted by Gasteiger charge is 2.16.